The number of hydrogen-bond acceptors (Lipinski definition) is 7. The van der Waals surface area contributed by atoms with Gasteiger partial charge in [-0.15, -0.1) is 11.8 Å². The largest absolute Gasteiger partial charge is 0.444 e. The first kappa shape index (κ1) is 32.8. The summed E-state index contributed by atoms with van der Waals surface area (Å²) >= 11 is 1.78. The van der Waals surface area contributed by atoms with E-state index in [2.05, 4.69) is 21.8 Å². The fourth-order valence-corrected chi connectivity index (χ4v) is 8.74. The Labute approximate surface area is 297 Å². The van der Waals surface area contributed by atoms with Gasteiger partial charge < -0.3 is 19.4 Å². The highest BCUT2D eigenvalue weighted by Gasteiger charge is 2.65. The molecule has 3 unspecified atom stereocenters. The Morgan fingerprint density at radius 2 is 1.58 bits per heavy atom. The summed E-state index contributed by atoms with van der Waals surface area (Å²) in [6.07, 6.45) is 6.39. The van der Waals surface area contributed by atoms with Crippen LogP contribution in [0.2, 0.25) is 0 Å². The molecule has 4 aromatic rings. The molecule has 11 heteroatoms. The molecule has 0 bridgehead atoms. The van der Waals surface area contributed by atoms with Gasteiger partial charge in [-0.3, -0.25) is 9.80 Å². The zero-order valence-corrected chi connectivity index (χ0v) is 30.4. The van der Waals surface area contributed by atoms with E-state index in [0.717, 1.165) is 83.7 Å². The first-order valence-electron chi connectivity index (χ1n) is 17.5. The molecule has 2 N–H and O–H groups in total. The van der Waals surface area contributed by atoms with Gasteiger partial charge in [-0.1, -0.05) is 24.0 Å². The molecule has 4 aliphatic rings. The summed E-state index contributed by atoms with van der Waals surface area (Å²) in [6, 6.07) is 14.0. The molecule has 2 aromatic heterocycles. The predicted molar refractivity (Wildman–Crippen MR) is 193 cm³/mol. The molecule has 2 amide bonds. The molecule has 50 heavy (non-hydrogen) atoms. The molecule has 4 fully saturated rings. The average molecular weight is 693 g/mol. The maximum absolute atomic E-state index is 13.1. The molecule has 8 rings (SSSR count). The van der Waals surface area contributed by atoms with Crippen LogP contribution in [0.1, 0.15) is 102 Å². The number of amides is 2. The van der Waals surface area contributed by atoms with E-state index in [-0.39, 0.29) is 33.8 Å². The van der Waals surface area contributed by atoms with Crippen LogP contribution in [-0.4, -0.2) is 71.6 Å². The Bertz CT molecular complexity index is 2040. The van der Waals surface area contributed by atoms with Gasteiger partial charge in [0.05, 0.1) is 29.0 Å². The second-order valence-electron chi connectivity index (χ2n) is 16.3. The smallest absolute Gasteiger partial charge is 0.411 e. The minimum absolute atomic E-state index is 0.0340. The molecule has 260 valence electrons. The number of imidazole rings is 2. The number of thioether (sulfide) groups is 1. The fraction of sp³-hybridized carbons (Fsp3) is 0.487. The summed E-state index contributed by atoms with van der Waals surface area (Å²) < 4.78 is 11.2. The van der Waals surface area contributed by atoms with Crippen molar-refractivity contribution in [3.63, 3.8) is 0 Å². The van der Waals surface area contributed by atoms with E-state index in [4.69, 9.17) is 19.4 Å². The number of H-pyrrole nitrogens is 2. The normalized spacial score (nSPS) is 23.7. The van der Waals surface area contributed by atoms with Gasteiger partial charge in [-0.05, 0) is 115 Å². The number of carbonyl (C=O) groups is 2. The third kappa shape index (κ3) is 6.34. The second kappa shape index (κ2) is 11.6. The number of nitrogens with zero attached hydrogens (tertiary/aromatic N) is 4. The summed E-state index contributed by atoms with van der Waals surface area (Å²) in [7, 11) is 0. The molecule has 5 heterocycles. The van der Waals surface area contributed by atoms with Crippen LogP contribution in [0.5, 0.6) is 0 Å². The predicted octanol–water partition coefficient (Wildman–Crippen LogP) is 8.11. The van der Waals surface area contributed by atoms with E-state index >= 15 is 0 Å². The summed E-state index contributed by atoms with van der Waals surface area (Å²) in [5.74, 6) is 8.32. The van der Waals surface area contributed by atoms with Crippen LogP contribution in [0.25, 0.3) is 22.3 Å². The van der Waals surface area contributed by atoms with Crippen LogP contribution in [0, 0.1) is 17.3 Å². The highest BCUT2D eigenvalue weighted by atomic mass is 32.2. The van der Waals surface area contributed by atoms with Crippen molar-refractivity contribution in [1.29, 1.82) is 0 Å². The van der Waals surface area contributed by atoms with Crippen LogP contribution < -0.4 is 0 Å². The summed E-state index contributed by atoms with van der Waals surface area (Å²) in [5.41, 5.74) is 4.68. The van der Waals surface area contributed by atoms with Crippen LogP contribution in [0.3, 0.4) is 0 Å². The number of ether oxygens (including phenoxy) is 2. The van der Waals surface area contributed by atoms with Gasteiger partial charge in [0.25, 0.3) is 0 Å². The Morgan fingerprint density at radius 3 is 2.28 bits per heavy atom. The highest BCUT2D eigenvalue weighted by molar-refractivity contribution is 8.08. The van der Waals surface area contributed by atoms with Crippen molar-refractivity contribution in [2.75, 3.05) is 13.1 Å². The molecule has 2 aromatic carbocycles. The number of aromatic nitrogens is 4. The number of nitrogens with one attached hydrogen (secondary N) is 2. The standard InChI is InChI=1S/C39H44N6O4S/c1-36(2,3)48-34(46)44-19-7-16-39(33(44)50-39)32-42-27-15-12-25(20-28(27)43-32)9-8-24-10-13-26(14-11-24)29-22-40-31(41-29)30-21-38(17-18-38)23-45(30)35(47)49-37(4,5)6/h10-15,20,22,30,33H,7,16-19,21,23H2,1-6H3,(H,40,41)(H,42,43). The molecule has 3 saturated heterocycles. The minimum Gasteiger partial charge on any atom is -0.444 e. The van der Waals surface area contributed by atoms with E-state index in [1.807, 2.05) is 100 Å². The van der Waals surface area contributed by atoms with Gasteiger partial charge in [0.1, 0.15) is 33.0 Å². The van der Waals surface area contributed by atoms with Crippen molar-refractivity contribution >= 4 is 35.0 Å². The first-order chi connectivity index (χ1) is 23.7. The maximum atomic E-state index is 13.1. The molecule has 1 aliphatic carbocycles. The fourth-order valence-electron chi connectivity index (χ4n) is 7.26. The van der Waals surface area contributed by atoms with E-state index in [1.165, 1.54) is 0 Å². The maximum Gasteiger partial charge on any atom is 0.411 e. The van der Waals surface area contributed by atoms with Crippen molar-refractivity contribution < 1.29 is 19.1 Å². The van der Waals surface area contributed by atoms with Crippen LogP contribution >= 0.6 is 11.8 Å². The molecule has 3 aliphatic heterocycles. The summed E-state index contributed by atoms with van der Waals surface area (Å²) in [5, 5.41) is 0.0340. The molecular formula is C39H44N6O4S. The lowest BCUT2D eigenvalue weighted by molar-refractivity contribution is 0.0185. The lowest BCUT2D eigenvalue weighted by Crippen LogP contribution is -2.44. The number of hydrogen-bond donors (Lipinski definition) is 2. The summed E-state index contributed by atoms with van der Waals surface area (Å²) in [6.45, 7) is 12.8. The first-order valence-corrected chi connectivity index (χ1v) is 18.4. The van der Waals surface area contributed by atoms with Gasteiger partial charge in [0, 0.05) is 24.2 Å². The Hall–Kier alpha value is -4.43. The van der Waals surface area contributed by atoms with Crippen LogP contribution in [0.4, 0.5) is 9.59 Å². The number of likely N-dealkylation sites (tertiary alicyclic amines) is 2. The van der Waals surface area contributed by atoms with Gasteiger partial charge in [0.15, 0.2) is 0 Å². The number of fused-ring (bicyclic) bond motifs is 2. The molecule has 0 radical (unpaired) electrons. The van der Waals surface area contributed by atoms with Crippen LogP contribution in [0.15, 0.2) is 48.7 Å². The van der Waals surface area contributed by atoms with Crippen molar-refractivity contribution in [2.45, 2.75) is 101 Å². The Kier molecular flexibility index (Phi) is 7.57. The molecule has 1 spiro atoms. The van der Waals surface area contributed by atoms with E-state index < -0.39 is 11.2 Å². The zero-order chi connectivity index (χ0) is 35.1. The number of aromatic amines is 2. The second-order valence-corrected chi connectivity index (χ2v) is 17.7. The number of rotatable bonds is 3. The average Bonchev–Trinajstić information content (AvgIpc) is 3.77. The number of piperidine rings is 1. The van der Waals surface area contributed by atoms with E-state index in [1.54, 1.807) is 11.8 Å². The number of carbonyl (C=O) groups excluding carboxylic acids is 2. The zero-order valence-electron chi connectivity index (χ0n) is 29.6. The highest BCUT2D eigenvalue weighted by Crippen LogP contribution is 2.66. The van der Waals surface area contributed by atoms with Gasteiger partial charge >= 0.3 is 12.2 Å². The molecule has 1 saturated carbocycles. The minimum atomic E-state index is -0.544. The molecular weight excluding hydrogens is 649 g/mol. The topological polar surface area (TPSA) is 116 Å². The molecule has 3 atom stereocenters. The van der Waals surface area contributed by atoms with Crippen molar-refractivity contribution in [1.82, 2.24) is 29.7 Å². The van der Waals surface area contributed by atoms with Gasteiger partial charge in [-0.25, -0.2) is 19.6 Å². The summed E-state index contributed by atoms with van der Waals surface area (Å²) in [4.78, 5) is 46.4. The quantitative estimate of drug-likeness (QED) is 0.165. The lowest BCUT2D eigenvalue weighted by Gasteiger charge is -2.31. The Morgan fingerprint density at radius 1 is 0.900 bits per heavy atom. The third-order valence-electron chi connectivity index (χ3n) is 9.96. The molecule has 10 nitrogen and oxygen atoms in total. The van der Waals surface area contributed by atoms with Gasteiger partial charge in [0.2, 0.25) is 0 Å². The van der Waals surface area contributed by atoms with Crippen molar-refractivity contribution in [3.8, 4) is 23.1 Å². The van der Waals surface area contributed by atoms with E-state index in [0.29, 0.717) is 6.54 Å². The monoisotopic (exact) mass is 692 g/mol. The van der Waals surface area contributed by atoms with E-state index in [9.17, 15) is 9.59 Å². The number of benzene rings is 2. The lowest BCUT2D eigenvalue weighted by atomic mass is 9.97. The van der Waals surface area contributed by atoms with Crippen molar-refractivity contribution in [3.05, 3.63) is 71.4 Å². The van der Waals surface area contributed by atoms with Gasteiger partial charge in [-0.2, -0.15) is 0 Å². The Balaban J connectivity index is 0.946. The van der Waals surface area contributed by atoms with Crippen molar-refractivity contribution in [2.24, 2.45) is 5.41 Å². The SMILES string of the molecule is CC(C)(C)OC(=O)N1CC2(CC2)CC1c1ncc(-c2ccc(C#Cc3ccc4nc(C56CCCN(C(=O)OC(C)(C)C)C5S6)[nH]c4c3)cc2)[nH]1. The van der Waals surface area contributed by atoms with Crippen LogP contribution in [-0.2, 0) is 14.2 Å². The third-order valence-corrected chi connectivity index (χ3v) is 11.6.